The Morgan fingerprint density at radius 2 is 1.81 bits per heavy atom. The fourth-order valence-electron chi connectivity index (χ4n) is 3.72. The van der Waals surface area contributed by atoms with Gasteiger partial charge in [0.25, 0.3) is 5.56 Å². The summed E-state index contributed by atoms with van der Waals surface area (Å²) >= 11 is 7.57. The molecule has 0 fully saturated rings. The zero-order valence-electron chi connectivity index (χ0n) is 17.1. The van der Waals surface area contributed by atoms with Gasteiger partial charge in [-0.3, -0.25) is 14.2 Å². The van der Waals surface area contributed by atoms with Gasteiger partial charge in [0, 0.05) is 10.9 Å². The summed E-state index contributed by atoms with van der Waals surface area (Å²) in [4.78, 5) is 31.4. The summed E-state index contributed by atoms with van der Waals surface area (Å²) < 4.78 is 1.37. The largest absolute Gasteiger partial charge is 0.323 e. The first-order chi connectivity index (χ1) is 15.5. The minimum absolute atomic E-state index is 0.249. The van der Waals surface area contributed by atoms with E-state index in [1.807, 2.05) is 35.7 Å². The highest BCUT2D eigenvalue weighted by atomic mass is 35.5. The van der Waals surface area contributed by atoms with Gasteiger partial charge in [0.2, 0.25) is 5.91 Å². The van der Waals surface area contributed by atoms with Crippen LogP contribution >= 0.6 is 22.9 Å². The van der Waals surface area contributed by atoms with Crippen LogP contribution in [0, 0.1) is 0 Å². The number of amides is 1. The molecule has 1 atom stereocenters. The Kier molecular flexibility index (Phi) is 5.25. The van der Waals surface area contributed by atoms with E-state index in [-0.39, 0.29) is 11.5 Å². The van der Waals surface area contributed by atoms with E-state index in [0.717, 1.165) is 21.9 Å². The van der Waals surface area contributed by atoms with Gasteiger partial charge in [-0.1, -0.05) is 60.1 Å². The number of rotatable bonds is 4. The second-order valence-corrected chi connectivity index (χ2v) is 8.76. The van der Waals surface area contributed by atoms with Gasteiger partial charge in [0.05, 0.1) is 22.4 Å². The van der Waals surface area contributed by atoms with E-state index in [9.17, 15) is 9.59 Å². The first kappa shape index (κ1) is 20.4. The number of fused-ring (bicyclic) bond motifs is 2. The van der Waals surface area contributed by atoms with Crippen molar-refractivity contribution in [2.75, 3.05) is 5.32 Å². The van der Waals surface area contributed by atoms with Gasteiger partial charge in [-0.05, 0) is 41.5 Å². The van der Waals surface area contributed by atoms with E-state index >= 15 is 0 Å². The summed E-state index contributed by atoms with van der Waals surface area (Å²) in [5.74, 6) is -0.344. The molecule has 1 amide bonds. The second kappa shape index (κ2) is 8.22. The zero-order valence-corrected chi connectivity index (χ0v) is 18.7. The fourth-order valence-corrected chi connectivity index (χ4v) is 4.81. The molecular formula is C25H18ClN3O2S. The van der Waals surface area contributed by atoms with Crippen molar-refractivity contribution in [3.05, 3.63) is 93.8 Å². The standard InChI is InChI=1S/C25H18ClN3O2S/c1-15(23(30)28-21-9-5-4-8-20(21)26)29-14-27-24-22(25(29)31)19(13-32-24)18-11-10-16-6-2-3-7-17(16)12-18/h2-15H,1H3,(H,28,30). The molecule has 0 aliphatic rings. The first-order valence-corrected chi connectivity index (χ1v) is 11.3. The van der Waals surface area contributed by atoms with Gasteiger partial charge in [-0.15, -0.1) is 11.3 Å². The predicted molar refractivity (Wildman–Crippen MR) is 132 cm³/mol. The molecule has 7 heteroatoms. The van der Waals surface area contributed by atoms with Gasteiger partial charge in [0.15, 0.2) is 0 Å². The lowest BCUT2D eigenvalue weighted by atomic mass is 10.0. The molecule has 2 aromatic heterocycles. The minimum atomic E-state index is -0.764. The fraction of sp³-hybridized carbons (Fsp3) is 0.0800. The molecule has 1 unspecified atom stereocenters. The summed E-state index contributed by atoms with van der Waals surface area (Å²) in [6.07, 6.45) is 1.43. The Bertz CT molecular complexity index is 1540. The van der Waals surface area contributed by atoms with Crippen LogP contribution in [0.25, 0.3) is 32.1 Å². The van der Waals surface area contributed by atoms with Crippen molar-refractivity contribution in [1.82, 2.24) is 9.55 Å². The molecule has 0 aliphatic heterocycles. The maximum atomic E-state index is 13.4. The average molecular weight is 460 g/mol. The number of para-hydroxylation sites is 1. The van der Waals surface area contributed by atoms with E-state index in [0.29, 0.717) is 20.9 Å². The number of hydrogen-bond donors (Lipinski definition) is 1. The maximum absolute atomic E-state index is 13.4. The summed E-state index contributed by atoms with van der Waals surface area (Å²) in [5.41, 5.74) is 2.02. The highest BCUT2D eigenvalue weighted by Gasteiger charge is 2.21. The number of hydrogen-bond acceptors (Lipinski definition) is 4. The van der Waals surface area contributed by atoms with E-state index < -0.39 is 6.04 Å². The smallest absolute Gasteiger partial charge is 0.263 e. The molecule has 32 heavy (non-hydrogen) atoms. The molecule has 5 rings (SSSR count). The van der Waals surface area contributed by atoms with Crippen molar-refractivity contribution in [3.63, 3.8) is 0 Å². The van der Waals surface area contributed by atoms with Crippen molar-refractivity contribution in [2.24, 2.45) is 0 Å². The van der Waals surface area contributed by atoms with Gasteiger partial charge < -0.3 is 5.32 Å². The van der Waals surface area contributed by atoms with Crippen LogP contribution in [-0.4, -0.2) is 15.5 Å². The molecule has 0 aliphatic carbocycles. The summed E-state index contributed by atoms with van der Waals surface area (Å²) in [6, 6.07) is 20.4. The van der Waals surface area contributed by atoms with E-state index in [1.54, 1.807) is 31.2 Å². The zero-order chi connectivity index (χ0) is 22.2. The van der Waals surface area contributed by atoms with E-state index in [2.05, 4.69) is 22.4 Å². The third-order valence-electron chi connectivity index (χ3n) is 5.51. The first-order valence-electron chi connectivity index (χ1n) is 10.1. The number of halogens is 1. The number of carbonyl (C=O) groups excluding carboxylic acids is 1. The molecule has 0 saturated carbocycles. The van der Waals surface area contributed by atoms with Crippen LogP contribution in [0.2, 0.25) is 5.02 Å². The number of anilines is 1. The summed E-state index contributed by atoms with van der Waals surface area (Å²) in [6.45, 7) is 1.67. The van der Waals surface area contributed by atoms with Crippen molar-refractivity contribution >= 4 is 55.5 Å². The van der Waals surface area contributed by atoms with Crippen molar-refractivity contribution in [2.45, 2.75) is 13.0 Å². The van der Waals surface area contributed by atoms with E-state index in [1.165, 1.54) is 22.2 Å². The number of benzene rings is 3. The Morgan fingerprint density at radius 3 is 2.62 bits per heavy atom. The van der Waals surface area contributed by atoms with Crippen LogP contribution in [0.4, 0.5) is 5.69 Å². The lowest BCUT2D eigenvalue weighted by molar-refractivity contribution is -0.118. The predicted octanol–water partition coefficient (Wildman–Crippen LogP) is 6.13. The molecule has 5 nitrogen and oxygen atoms in total. The lowest BCUT2D eigenvalue weighted by Crippen LogP contribution is -2.31. The molecular weight excluding hydrogens is 442 g/mol. The number of aromatic nitrogens is 2. The average Bonchev–Trinajstić information content (AvgIpc) is 3.25. The quantitative estimate of drug-likeness (QED) is 0.351. The van der Waals surface area contributed by atoms with Crippen LogP contribution in [0.3, 0.4) is 0 Å². The number of thiophene rings is 1. The SMILES string of the molecule is CC(C(=O)Nc1ccccc1Cl)n1cnc2scc(-c3ccc4ccccc4c3)c2c1=O. The van der Waals surface area contributed by atoms with Crippen molar-refractivity contribution in [3.8, 4) is 11.1 Å². The van der Waals surface area contributed by atoms with Gasteiger partial charge in [-0.25, -0.2) is 4.98 Å². The van der Waals surface area contributed by atoms with Crippen molar-refractivity contribution in [1.29, 1.82) is 0 Å². The molecule has 3 aromatic carbocycles. The van der Waals surface area contributed by atoms with Crippen molar-refractivity contribution < 1.29 is 4.79 Å². The van der Waals surface area contributed by atoms with E-state index in [4.69, 9.17) is 11.6 Å². The van der Waals surface area contributed by atoms with Crippen LogP contribution < -0.4 is 10.9 Å². The molecule has 158 valence electrons. The molecule has 0 spiro atoms. The molecule has 1 N–H and O–H groups in total. The topological polar surface area (TPSA) is 64.0 Å². The minimum Gasteiger partial charge on any atom is -0.323 e. The number of nitrogens with one attached hydrogen (secondary N) is 1. The Hall–Kier alpha value is -3.48. The third kappa shape index (κ3) is 3.57. The van der Waals surface area contributed by atoms with Gasteiger partial charge in [-0.2, -0.15) is 0 Å². The molecule has 0 saturated heterocycles. The monoisotopic (exact) mass is 459 g/mol. The van der Waals surface area contributed by atoms with Gasteiger partial charge >= 0.3 is 0 Å². The molecule has 5 aromatic rings. The second-order valence-electron chi connectivity index (χ2n) is 7.49. The van der Waals surface area contributed by atoms with Crippen LogP contribution in [0.15, 0.2) is 83.2 Å². The Labute approximate surface area is 192 Å². The third-order valence-corrected chi connectivity index (χ3v) is 6.72. The highest BCUT2D eigenvalue weighted by molar-refractivity contribution is 7.17. The molecule has 0 bridgehead atoms. The normalized spacial score (nSPS) is 12.2. The van der Waals surface area contributed by atoms with Crippen LogP contribution in [0.1, 0.15) is 13.0 Å². The highest BCUT2D eigenvalue weighted by Crippen LogP contribution is 2.32. The van der Waals surface area contributed by atoms with Crippen LogP contribution in [-0.2, 0) is 4.79 Å². The Balaban J connectivity index is 1.55. The summed E-state index contributed by atoms with van der Waals surface area (Å²) in [7, 11) is 0. The number of carbonyl (C=O) groups is 1. The van der Waals surface area contributed by atoms with Crippen LogP contribution in [0.5, 0.6) is 0 Å². The number of nitrogens with zero attached hydrogens (tertiary/aromatic N) is 2. The van der Waals surface area contributed by atoms with Gasteiger partial charge in [0.1, 0.15) is 10.9 Å². The lowest BCUT2D eigenvalue weighted by Gasteiger charge is -2.15. The maximum Gasteiger partial charge on any atom is 0.263 e. The summed E-state index contributed by atoms with van der Waals surface area (Å²) in [5, 5.41) is 7.92. The molecule has 0 radical (unpaired) electrons. The Morgan fingerprint density at radius 1 is 1.06 bits per heavy atom. The molecule has 2 heterocycles.